The monoisotopic (exact) mass is 549 g/mol. The molecule has 2 aliphatic heterocycles. The van der Waals surface area contributed by atoms with Gasteiger partial charge in [0.2, 0.25) is 12.1 Å². The average molecular weight is 550 g/mol. The largest absolute Gasteiger partial charge is 0.872 e. The summed E-state index contributed by atoms with van der Waals surface area (Å²) in [5, 5.41) is 13.9. The van der Waals surface area contributed by atoms with Gasteiger partial charge >= 0.3 is 0 Å². The first-order chi connectivity index (χ1) is 20.0. The van der Waals surface area contributed by atoms with Crippen LogP contribution in [0.25, 0.3) is 5.76 Å². The molecular weight excluding hydrogens is 518 g/mol. The number of hydrogen-bond donors (Lipinski definition) is 1. The van der Waals surface area contributed by atoms with Gasteiger partial charge in [-0.2, -0.15) is 0 Å². The number of aromatic nitrogens is 2. The number of hydrogen-bond acceptors (Lipinski definition) is 5. The zero-order valence-corrected chi connectivity index (χ0v) is 22.8. The maximum atomic E-state index is 13.9. The fraction of sp³-hybridized carbons (Fsp3) is 0.242. The Morgan fingerprint density at radius 2 is 1.90 bits per heavy atom. The molecule has 8 heteroatoms. The van der Waals surface area contributed by atoms with Crippen molar-refractivity contribution in [2.45, 2.75) is 45.1 Å². The highest BCUT2D eigenvalue weighted by atomic mass is 16.5. The number of fused-ring (bicyclic) bond motifs is 1. The van der Waals surface area contributed by atoms with Crippen LogP contribution in [0.15, 0.2) is 97.1 Å². The van der Waals surface area contributed by atoms with Crippen molar-refractivity contribution in [2.24, 2.45) is 0 Å². The van der Waals surface area contributed by atoms with Gasteiger partial charge in [-0.05, 0) is 53.4 Å². The van der Waals surface area contributed by atoms with Gasteiger partial charge in [0.15, 0.2) is 0 Å². The molecule has 4 aromatic rings. The highest BCUT2D eigenvalue weighted by molar-refractivity contribution is 6.46. The molecule has 2 atom stereocenters. The summed E-state index contributed by atoms with van der Waals surface area (Å²) in [5.41, 5.74) is 3.03. The number of aryl methyl sites for hydroxylation is 1. The number of carbonyl (C=O) groups is 2. The summed E-state index contributed by atoms with van der Waals surface area (Å²) in [6, 6.07) is 21.6. The van der Waals surface area contributed by atoms with Crippen LogP contribution >= 0.6 is 0 Å². The van der Waals surface area contributed by atoms with Gasteiger partial charge in [0.1, 0.15) is 36.6 Å². The molecule has 0 spiro atoms. The van der Waals surface area contributed by atoms with E-state index in [1.807, 2.05) is 84.8 Å². The van der Waals surface area contributed by atoms with Gasteiger partial charge in [-0.25, -0.2) is 4.57 Å². The molecule has 1 aromatic heterocycles. The first-order valence-corrected chi connectivity index (χ1v) is 13.8. The fourth-order valence-corrected chi connectivity index (χ4v) is 5.54. The van der Waals surface area contributed by atoms with E-state index in [9.17, 15) is 14.7 Å². The second-order valence-electron chi connectivity index (χ2n) is 10.5. The van der Waals surface area contributed by atoms with E-state index in [0.717, 1.165) is 16.9 Å². The maximum Gasteiger partial charge on any atom is 0.295 e. The normalized spacial score (nSPS) is 19.3. The number of amides is 1. The van der Waals surface area contributed by atoms with Crippen LogP contribution in [0.1, 0.15) is 41.6 Å². The first kappa shape index (κ1) is 26.4. The zero-order chi connectivity index (χ0) is 28.3. The molecule has 8 nitrogen and oxygen atoms in total. The van der Waals surface area contributed by atoms with Crippen LogP contribution in [0.5, 0.6) is 11.5 Å². The number of rotatable bonds is 9. The third-order valence-electron chi connectivity index (χ3n) is 7.55. The van der Waals surface area contributed by atoms with Crippen molar-refractivity contribution in [3.05, 3.63) is 119 Å². The van der Waals surface area contributed by atoms with Crippen molar-refractivity contribution in [3.8, 4) is 11.5 Å². The van der Waals surface area contributed by atoms with E-state index in [4.69, 9.17) is 9.47 Å². The standard InChI is InChI=1S/C33H31N3O5/c1-22-18-26-19-25(10-13-28(26)41-22)31(37)29-30(36(33(39)32(29)38)16-5-15-35-17-14-34-21-35)24-8-11-27(12-9-24)40-20-23-6-3-2-4-7-23/h2-4,6-14,17,19,21-22,30H,5,15-16,18,20H2,1H3,(H,37,38). The van der Waals surface area contributed by atoms with E-state index in [1.54, 1.807) is 18.2 Å². The Kier molecular flexibility index (Phi) is 7.29. The van der Waals surface area contributed by atoms with Crippen molar-refractivity contribution in [1.29, 1.82) is 0 Å². The highest BCUT2D eigenvalue weighted by Crippen LogP contribution is 2.40. The first-order valence-electron chi connectivity index (χ1n) is 13.8. The summed E-state index contributed by atoms with van der Waals surface area (Å²) in [6.45, 7) is 3.38. The predicted molar refractivity (Wildman–Crippen MR) is 149 cm³/mol. The number of H-pyrrole nitrogens is 1. The van der Waals surface area contributed by atoms with Gasteiger partial charge in [-0.15, -0.1) is 0 Å². The minimum Gasteiger partial charge on any atom is -0.872 e. The maximum absolute atomic E-state index is 13.9. The van der Waals surface area contributed by atoms with Gasteiger partial charge < -0.3 is 19.5 Å². The van der Waals surface area contributed by atoms with Crippen LogP contribution in [0.2, 0.25) is 0 Å². The van der Waals surface area contributed by atoms with Crippen molar-refractivity contribution >= 4 is 17.4 Å². The van der Waals surface area contributed by atoms with Crippen LogP contribution in [0, 0.1) is 0 Å². The Labute approximate surface area is 238 Å². The average Bonchev–Trinajstić information content (AvgIpc) is 3.71. The lowest BCUT2D eigenvalue weighted by molar-refractivity contribution is -0.695. The molecule has 0 bridgehead atoms. The Bertz CT molecular complexity index is 1580. The lowest BCUT2D eigenvalue weighted by Gasteiger charge is -2.27. The van der Waals surface area contributed by atoms with Crippen molar-refractivity contribution in [3.63, 3.8) is 0 Å². The lowest BCUT2D eigenvalue weighted by Crippen LogP contribution is -2.36. The van der Waals surface area contributed by atoms with Crippen molar-refractivity contribution in [1.82, 2.24) is 9.88 Å². The molecular formula is C33H31N3O5. The number of Topliss-reactive ketones (excluding diaryl/α,β-unsaturated/α-hetero) is 1. The summed E-state index contributed by atoms with van der Waals surface area (Å²) in [4.78, 5) is 31.3. The van der Waals surface area contributed by atoms with Gasteiger partial charge in [-0.3, -0.25) is 14.6 Å². The van der Waals surface area contributed by atoms with E-state index in [0.29, 0.717) is 49.4 Å². The molecule has 1 N–H and O–H groups in total. The molecule has 1 amide bonds. The fourth-order valence-electron chi connectivity index (χ4n) is 5.54. The topological polar surface area (TPSA) is 98.6 Å². The van der Waals surface area contributed by atoms with E-state index in [1.165, 1.54) is 4.90 Å². The molecule has 2 aliphatic rings. The summed E-state index contributed by atoms with van der Waals surface area (Å²) in [6.07, 6.45) is 6.90. The predicted octanol–water partition coefficient (Wildman–Crippen LogP) is 3.52. The van der Waals surface area contributed by atoms with Crippen LogP contribution in [0.3, 0.4) is 0 Å². The minimum absolute atomic E-state index is 0.0193. The van der Waals surface area contributed by atoms with Gasteiger partial charge in [0.05, 0.1) is 12.6 Å². The van der Waals surface area contributed by atoms with Gasteiger partial charge in [0.25, 0.3) is 5.91 Å². The van der Waals surface area contributed by atoms with Crippen molar-refractivity contribution < 1.29 is 28.7 Å². The highest BCUT2D eigenvalue weighted by Gasteiger charge is 2.44. The van der Waals surface area contributed by atoms with E-state index in [-0.39, 0.29) is 11.7 Å². The number of aromatic amines is 1. The number of ether oxygens (including phenoxy) is 2. The molecule has 3 heterocycles. The smallest absolute Gasteiger partial charge is 0.295 e. The van der Waals surface area contributed by atoms with E-state index < -0.39 is 23.5 Å². The van der Waals surface area contributed by atoms with Crippen molar-refractivity contribution in [2.75, 3.05) is 6.54 Å². The minimum atomic E-state index is -0.787. The second-order valence-corrected chi connectivity index (χ2v) is 10.5. The summed E-state index contributed by atoms with van der Waals surface area (Å²) in [7, 11) is 0. The van der Waals surface area contributed by atoms with Crippen LogP contribution in [0.4, 0.5) is 0 Å². The number of nitrogens with zero attached hydrogens (tertiary/aromatic N) is 2. The summed E-state index contributed by atoms with van der Waals surface area (Å²) in [5.74, 6) is -0.421. The Morgan fingerprint density at radius 1 is 1.10 bits per heavy atom. The van der Waals surface area contributed by atoms with Crippen LogP contribution in [-0.2, 0) is 29.2 Å². The van der Waals surface area contributed by atoms with E-state index in [2.05, 4.69) is 4.98 Å². The summed E-state index contributed by atoms with van der Waals surface area (Å²) >= 11 is 0. The molecule has 1 fully saturated rings. The quantitative estimate of drug-likeness (QED) is 0.149. The molecule has 6 rings (SSSR count). The van der Waals surface area contributed by atoms with Gasteiger partial charge in [-0.1, -0.05) is 54.3 Å². The number of carbonyl (C=O) groups excluding carboxylic acids is 2. The third-order valence-corrected chi connectivity index (χ3v) is 7.55. The van der Waals surface area contributed by atoms with E-state index >= 15 is 0 Å². The number of imidazole rings is 1. The number of likely N-dealkylation sites (tertiary alicyclic amines) is 1. The molecule has 1 saturated heterocycles. The zero-order valence-electron chi connectivity index (χ0n) is 22.8. The Morgan fingerprint density at radius 3 is 2.66 bits per heavy atom. The molecule has 0 radical (unpaired) electrons. The Hall–Kier alpha value is -4.85. The van der Waals surface area contributed by atoms with Crippen LogP contribution < -0.4 is 19.1 Å². The summed E-state index contributed by atoms with van der Waals surface area (Å²) < 4.78 is 13.7. The molecule has 41 heavy (non-hydrogen) atoms. The molecule has 3 aromatic carbocycles. The molecule has 208 valence electrons. The molecule has 2 unspecified atom stereocenters. The van der Waals surface area contributed by atoms with Crippen LogP contribution in [-0.4, -0.2) is 34.2 Å². The second kappa shape index (κ2) is 11.3. The SMILES string of the molecule is CC1Cc2cc(/C([O-])=C3\C(=O)C(=O)N(CCC[n+]4cc[nH]c4)C3c3ccc(OCc4ccccc4)cc3)ccc2O1. The Balaban J connectivity index is 1.31. The third kappa shape index (κ3) is 5.45. The number of benzene rings is 3. The number of nitrogens with one attached hydrogen (secondary N) is 1. The molecule has 0 aliphatic carbocycles. The van der Waals surface area contributed by atoms with Gasteiger partial charge in [0, 0.05) is 25.0 Å². The number of ketones is 1. The molecule has 0 saturated carbocycles. The lowest BCUT2D eigenvalue weighted by atomic mass is 9.94.